The Morgan fingerprint density at radius 3 is 2.58 bits per heavy atom. The van der Waals surface area contributed by atoms with Gasteiger partial charge in [0.1, 0.15) is 13.2 Å². The average molecular weight is 461 g/mol. The number of amides is 1. The van der Waals surface area contributed by atoms with Crippen molar-refractivity contribution in [2.75, 3.05) is 23.3 Å². The van der Waals surface area contributed by atoms with E-state index >= 15 is 0 Å². The molecule has 0 radical (unpaired) electrons. The second-order valence-corrected chi connectivity index (χ2v) is 9.04. The van der Waals surface area contributed by atoms with Gasteiger partial charge < -0.3 is 14.8 Å². The van der Waals surface area contributed by atoms with Crippen molar-refractivity contribution in [3.63, 3.8) is 0 Å². The van der Waals surface area contributed by atoms with Gasteiger partial charge in [0.25, 0.3) is 15.9 Å². The topological polar surface area (TPSA) is 107 Å². The van der Waals surface area contributed by atoms with Crippen LogP contribution in [0.3, 0.4) is 0 Å². The van der Waals surface area contributed by atoms with E-state index in [1.54, 1.807) is 36.5 Å². The Hall–Kier alpha value is -4.11. The van der Waals surface area contributed by atoms with Crippen LogP contribution < -0.4 is 19.5 Å². The van der Waals surface area contributed by atoms with E-state index in [4.69, 9.17) is 9.47 Å². The number of carbonyl (C=O) groups excluding carboxylic acids is 1. The number of anilines is 2. The first-order chi connectivity index (χ1) is 16.0. The van der Waals surface area contributed by atoms with Gasteiger partial charge in [0, 0.05) is 34.6 Å². The summed E-state index contributed by atoms with van der Waals surface area (Å²) in [4.78, 5) is 17.1. The lowest BCUT2D eigenvalue weighted by atomic mass is 10.1. The van der Waals surface area contributed by atoms with Gasteiger partial charge in [-0.3, -0.25) is 14.5 Å². The number of carbonyl (C=O) groups is 1. The van der Waals surface area contributed by atoms with E-state index in [-0.39, 0.29) is 16.5 Å². The highest BCUT2D eigenvalue weighted by Crippen LogP contribution is 2.32. The number of nitrogens with one attached hydrogen (secondary N) is 2. The number of nitrogens with zero attached hydrogens (tertiary/aromatic N) is 1. The summed E-state index contributed by atoms with van der Waals surface area (Å²) in [5, 5.41) is 3.73. The third-order valence-corrected chi connectivity index (χ3v) is 6.44. The zero-order valence-corrected chi connectivity index (χ0v) is 18.1. The number of hydrogen-bond acceptors (Lipinski definition) is 6. The number of sulfonamides is 1. The zero-order chi connectivity index (χ0) is 22.8. The highest BCUT2D eigenvalue weighted by atomic mass is 32.2. The molecule has 1 aromatic heterocycles. The summed E-state index contributed by atoms with van der Waals surface area (Å²) >= 11 is 0. The van der Waals surface area contributed by atoms with Gasteiger partial charge in [-0.05, 0) is 54.6 Å². The molecule has 1 aliphatic heterocycles. The number of benzene rings is 3. The molecule has 33 heavy (non-hydrogen) atoms. The van der Waals surface area contributed by atoms with Crippen molar-refractivity contribution in [1.82, 2.24) is 4.98 Å². The van der Waals surface area contributed by atoms with Crippen molar-refractivity contribution in [2.45, 2.75) is 4.90 Å². The Morgan fingerprint density at radius 1 is 0.848 bits per heavy atom. The fourth-order valence-corrected chi connectivity index (χ4v) is 4.55. The summed E-state index contributed by atoms with van der Waals surface area (Å²) in [6.07, 6.45) is 1.71. The molecule has 0 unspecified atom stereocenters. The molecular weight excluding hydrogens is 442 g/mol. The maximum atomic E-state index is 12.9. The lowest BCUT2D eigenvalue weighted by Crippen LogP contribution is -2.17. The molecule has 2 N–H and O–H groups in total. The second kappa shape index (κ2) is 8.44. The van der Waals surface area contributed by atoms with Gasteiger partial charge in [-0.25, -0.2) is 8.42 Å². The third kappa shape index (κ3) is 4.44. The SMILES string of the molecule is O=C(Nc1ccc2ncccc2c1)c1cccc(NS(=O)(=O)c2ccc3c(c2)OCCO3)c1. The molecule has 5 rings (SSSR count). The Morgan fingerprint density at radius 2 is 1.70 bits per heavy atom. The minimum atomic E-state index is -3.90. The molecule has 1 aliphatic rings. The molecule has 0 aliphatic carbocycles. The van der Waals surface area contributed by atoms with E-state index in [2.05, 4.69) is 15.0 Å². The number of pyridine rings is 1. The third-order valence-electron chi connectivity index (χ3n) is 5.06. The van der Waals surface area contributed by atoms with Crippen molar-refractivity contribution >= 4 is 38.2 Å². The van der Waals surface area contributed by atoms with Gasteiger partial charge >= 0.3 is 0 Å². The number of fused-ring (bicyclic) bond motifs is 2. The monoisotopic (exact) mass is 461 g/mol. The molecule has 0 saturated heterocycles. The smallest absolute Gasteiger partial charge is 0.262 e. The second-order valence-electron chi connectivity index (χ2n) is 7.36. The molecule has 8 nitrogen and oxygen atoms in total. The molecule has 0 bridgehead atoms. The summed E-state index contributed by atoms with van der Waals surface area (Å²) in [5.74, 6) is 0.518. The van der Waals surface area contributed by atoms with Crippen molar-refractivity contribution in [2.24, 2.45) is 0 Å². The van der Waals surface area contributed by atoms with E-state index in [0.717, 1.165) is 10.9 Å². The van der Waals surface area contributed by atoms with Crippen LogP contribution in [0, 0.1) is 0 Å². The number of rotatable bonds is 5. The van der Waals surface area contributed by atoms with Gasteiger partial charge in [0.05, 0.1) is 10.4 Å². The van der Waals surface area contributed by atoms with Crippen LogP contribution in [-0.4, -0.2) is 32.5 Å². The van der Waals surface area contributed by atoms with Crippen molar-refractivity contribution in [3.8, 4) is 11.5 Å². The molecule has 1 amide bonds. The molecule has 166 valence electrons. The maximum Gasteiger partial charge on any atom is 0.262 e. The normalized spacial score (nSPS) is 12.8. The molecule has 2 heterocycles. The highest BCUT2D eigenvalue weighted by Gasteiger charge is 2.20. The van der Waals surface area contributed by atoms with Crippen LogP contribution in [0.25, 0.3) is 10.9 Å². The minimum absolute atomic E-state index is 0.0337. The molecular formula is C24H19N3O5S. The minimum Gasteiger partial charge on any atom is -0.486 e. The molecule has 0 atom stereocenters. The standard InChI is InChI=1S/C24H19N3O5S/c28-24(26-18-6-8-21-16(13-18)4-2-10-25-21)17-3-1-5-19(14-17)27-33(29,30)20-7-9-22-23(15-20)32-12-11-31-22/h1-10,13-15,27H,11-12H2,(H,26,28). The van der Waals surface area contributed by atoms with Crippen LogP contribution in [0.15, 0.2) is 83.9 Å². The largest absolute Gasteiger partial charge is 0.486 e. The fourth-order valence-electron chi connectivity index (χ4n) is 3.49. The van der Waals surface area contributed by atoms with Crippen LogP contribution in [0.5, 0.6) is 11.5 Å². The molecule has 0 saturated carbocycles. The highest BCUT2D eigenvalue weighted by molar-refractivity contribution is 7.92. The molecule has 0 spiro atoms. The quantitative estimate of drug-likeness (QED) is 0.464. The van der Waals surface area contributed by atoms with Crippen molar-refractivity contribution in [1.29, 1.82) is 0 Å². The lowest BCUT2D eigenvalue weighted by molar-refractivity contribution is 0.102. The summed E-state index contributed by atoms with van der Waals surface area (Å²) in [6.45, 7) is 0.775. The summed E-state index contributed by atoms with van der Waals surface area (Å²) in [7, 11) is -3.90. The van der Waals surface area contributed by atoms with Crippen molar-refractivity contribution in [3.05, 3.63) is 84.6 Å². The van der Waals surface area contributed by atoms with E-state index in [1.165, 1.54) is 18.2 Å². The Labute approximate surface area is 190 Å². The predicted molar refractivity (Wildman–Crippen MR) is 124 cm³/mol. The first kappa shape index (κ1) is 20.8. The lowest BCUT2D eigenvalue weighted by Gasteiger charge is -2.19. The average Bonchev–Trinajstić information content (AvgIpc) is 2.83. The number of ether oxygens (including phenoxy) is 2. The molecule has 4 aromatic rings. The van der Waals surface area contributed by atoms with Crippen LogP contribution in [-0.2, 0) is 10.0 Å². The Balaban J connectivity index is 1.34. The molecule has 3 aromatic carbocycles. The van der Waals surface area contributed by atoms with Gasteiger partial charge in [-0.1, -0.05) is 12.1 Å². The van der Waals surface area contributed by atoms with E-state index in [9.17, 15) is 13.2 Å². The maximum absolute atomic E-state index is 12.9. The van der Waals surface area contributed by atoms with Gasteiger partial charge in [0.15, 0.2) is 11.5 Å². The van der Waals surface area contributed by atoms with Gasteiger partial charge in [-0.2, -0.15) is 0 Å². The zero-order valence-electron chi connectivity index (χ0n) is 17.3. The fraction of sp³-hybridized carbons (Fsp3) is 0.0833. The van der Waals surface area contributed by atoms with E-state index < -0.39 is 10.0 Å². The summed E-state index contributed by atoms with van der Waals surface area (Å²) in [6, 6.07) is 19.9. The Kier molecular flexibility index (Phi) is 5.31. The van der Waals surface area contributed by atoms with Crippen molar-refractivity contribution < 1.29 is 22.7 Å². The summed E-state index contributed by atoms with van der Waals surface area (Å²) < 4.78 is 39.2. The Bertz CT molecular complexity index is 1470. The van der Waals surface area contributed by atoms with Crippen LogP contribution >= 0.6 is 0 Å². The van der Waals surface area contributed by atoms with E-state index in [1.807, 2.05) is 24.3 Å². The number of aromatic nitrogens is 1. The van der Waals surface area contributed by atoms with Crippen LogP contribution in [0.1, 0.15) is 10.4 Å². The van der Waals surface area contributed by atoms with Gasteiger partial charge in [-0.15, -0.1) is 0 Å². The van der Waals surface area contributed by atoms with Crippen LogP contribution in [0.2, 0.25) is 0 Å². The summed E-state index contributed by atoms with van der Waals surface area (Å²) in [5.41, 5.74) is 2.01. The first-order valence-corrected chi connectivity index (χ1v) is 11.6. The predicted octanol–water partition coefficient (Wildman–Crippen LogP) is 4.06. The molecule has 9 heteroatoms. The molecule has 0 fully saturated rings. The number of hydrogen-bond donors (Lipinski definition) is 2. The van der Waals surface area contributed by atoms with Gasteiger partial charge in [0.2, 0.25) is 0 Å². The van der Waals surface area contributed by atoms with E-state index in [0.29, 0.717) is 36.0 Å². The first-order valence-electron chi connectivity index (χ1n) is 10.2. The van der Waals surface area contributed by atoms with Crippen LogP contribution in [0.4, 0.5) is 11.4 Å².